The number of benzene rings is 2. The molecule has 1 aliphatic carbocycles. The first kappa shape index (κ1) is 14.4. The lowest BCUT2D eigenvalue weighted by atomic mass is 9.94. The first-order valence-corrected chi connectivity index (χ1v) is 7.53. The number of anilines is 1. The lowest BCUT2D eigenvalue weighted by Crippen LogP contribution is -2.32. The van der Waals surface area contributed by atoms with E-state index in [1.807, 2.05) is 61.5 Å². The maximum absolute atomic E-state index is 12.7. The number of amides is 1. The molecule has 0 aliphatic heterocycles. The van der Waals surface area contributed by atoms with Crippen molar-refractivity contribution in [2.75, 3.05) is 5.32 Å². The molecule has 0 aromatic heterocycles. The largest absolute Gasteiger partial charge is 0.325 e. The van der Waals surface area contributed by atoms with Gasteiger partial charge in [-0.2, -0.15) is 0 Å². The minimum atomic E-state index is -1.05. The van der Waals surface area contributed by atoms with Gasteiger partial charge in [-0.05, 0) is 30.2 Å². The fourth-order valence-electron chi connectivity index (χ4n) is 2.66. The zero-order chi connectivity index (χ0) is 15.1. The molecule has 0 bridgehead atoms. The summed E-state index contributed by atoms with van der Waals surface area (Å²) in [4.78, 5) is 12.7. The van der Waals surface area contributed by atoms with Gasteiger partial charge in [0, 0.05) is 12.1 Å². The van der Waals surface area contributed by atoms with Gasteiger partial charge in [0.25, 0.3) is 0 Å². The molecular weight excluding hydrogens is 305 g/mol. The summed E-state index contributed by atoms with van der Waals surface area (Å²) in [5.74, 6) is -0.163. The first-order valence-electron chi connectivity index (χ1n) is 6.77. The standard InChI is InChI=1S/C17H15Cl2NO/c1-12-6-5-9-14(10-12)20-15(21)16(11-17(16,18)19)13-7-3-2-4-8-13/h2-10H,11H2,1H3,(H,20,21)/t16-/m1/s1. The Balaban J connectivity index is 1.91. The van der Waals surface area contributed by atoms with Gasteiger partial charge in [0.05, 0.1) is 0 Å². The van der Waals surface area contributed by atoms with Crippen molar-refractivity contribution in [1.82, 2.24) is 0 Å². The van der Waals surface area contributed by atoms with E-state index in [2.05, 4.69) is 5.32 Å². The van der Waals surface area contributed by atoms with Crippen LogP contribution in [-0.2, 0) is 10.2 Å². The minimum Gasteiger partial charge on any atom is -0.325 e. The summed E-state index contributed by atoms with van der Waals surface area (Å²) >= 11 is 12.6. The van der Waals surface area contributed by atoms with Crippen LogP contribution in [0.2, 0.25) is 0 Å². The van der Waals surface area contributed by atoms with E-state index in [1.165, 1.54) is 0 Å². The molecule has 2 aromatic carbocycles. The molecule has 1 aliphatic rings. The summed E-state index contributed by atoms with van der Waals surface area (Å²) in [5, 5.41) is 2.93. The van der Waals surface area contributed by atoms with Crippen LogP contribution < -0.4 is 5.32 Å². The van der Waals surface area contributed by atoms with E-state index in [4.69, 9.17) is 23.2 Å². The van der Waals surface area contributed by atoms with Crippen LogP contribution in [0.3, 0.4) is 0 Å². The lowest BCUT2D eigenvalue weighted by molar-refractivity contribution is -0.118. The number of hydrogen-bond acceptors (Lipinski definition) is 1. The molecule has 0 unspecified atom stereocenters. The van der Waals surface area contributed by atoms with E-state index in [0.29, 0.717) is 6.42 Å². The van der Waals surface area contributed by atoms with Crippen molar-refractivity contribution >= 4 is 34.8 Å². The molecule has 108 valence electrons. The van der Waals surface area contributed by atoms with Crippen LogP contribution in [0, 0.1) is 6.92 Å². The van der Waals surface area contributed by atoms with Gasteiger partial charge in [0.1, 0.15) is 9.75 Å². The number of hydrogen-bond donors (Lipinski definition) is 1. The topological polar surface area (TPSA) is 29.1 Å². The number of carbonyl (C=O) groups excluding carboxylic acids is 1. The van der Waals surface area contributed by atoms with Crippen LogP contribution in [0.1, 0.15) is 17.5 Å². The Bertz CT molecular complexity index is 684. The quantitative estimate of drug-likeness (QED) is 0.832. The van der Waals surface area contributed by atoms with Crippen molar-refractivity contribution in [3.63, 3.8) is 0 Å². The van der Waals surface area contributed by atoms with Crippen molar-refractivity contribution in [2.45, 2.75) is 23.1 Å². The minimum absolute atomic E-state index is 0.163. The Morgan fingerprint density at radius 1 is 1.10 bits per heavy atom. The van der Waals surface area contributed by atoms with Gasteiger partial charge < -0.3 is 5.32 Å². The first-order chi connectivity index (χ1) is 9.96. The molecule has 21 heavy (non-hydrogen) atoms. The van der Waals surface area contributed by atoms with Gasteiger partial charge >= 0.3 is 0 Å². The van der Waals surface area contributed by atoms with E-state index < -0.39 is 9.75 Å². The van der Waals surface area contributed by atoms with E-state index in [0.717, 1.165) is 16.8 Å². The highest BCUT2D eigenvalue weighted by Crippen LogP contribution is 2.65. The summed E-state index contributed by atoms with van der Waals surface area (Å²) in [6, 6.07) is 17.1. The Kier molecular flexibility index (Phi) is 3.46. The highest BCUT2D eigenvalue weighted by atomic mass is 35.5. The van der Waals surface area contributed by atoms with Crippen LogP contribution in [-0.4, -0.2) is 10.2 Å². The van der Waals surface area contributed by atoms with Crippen LogP contribution in [0.4, 0.5) is 5.69 Å². The highest BCUT2D eigenvalue weighted by Gasteiger charge is 2.72. The van der Waals surface area contributed by atoms with Crippen molar-refractivity contribution in [1.29, 1.82) is 0 Å². The molecule has 0 radical (unpaired) electrons. The summed E-state index contributed by atoms with van der Waals surface area (Å²) in [6.45, 7) is 1.98. The highest BCUT2D eigenvalue weighted by molar-refractivity contribution is 6.54. The molecule has 1 fully saturated rings. The van der Waals surface area contributed by atoms with Crippen LogP contribution in [0.5, 0.6) is 0 Å². The van der Waals surface area contributed by atoms with Crippen molar-refractivity contribution in [2.24, 2.45) is 0 Å². The van der Waals surface area contributed by atoms with Gasteiger partial charge in [-0.3, -0.25) is 4.79 Å². The monoisotopic (exact) mass is 319 g/mol. The molecule has 1 N–H and O–H groups in total. The number of rotatable bonds is 3. The second kappa shape index (κ2) is 5.04. The Morgan fingerprint density at radius 3 is 2.33 bits per heavy atom. The lowest BCUT2D eigenvalue weighted by Gasteiger charge is -2.18. The molecule has 2 aromatic rings. The normalized spacial score (nSPS) is 22.6. The van der Waals surface area contributed by atoms with Gasteiger partial charge in [0.2, 0.25) is 5.91 Å². The van der Waals surface area contributed by atoms with Crippen molar-refractivity contribution in [3.05, 3.63) is 65.7 Å². The molecule has 1 atom stereocenters. The zero-order valence-corrected chi connectivity index (χ0v) is 13.1. The Hall–Kier alpha value is -1.51. The summed E-state index contributed by atoms with van der Waals surface area (Å²) in [7, 11) is 0. The fraction of sp³-hybridized carbons (Fsp3) is 0.235. The van der Waals surface area contributed by atoms with Crippen LogP contribution in [0.15, 0.2) is 54.6 Å². The van der Waals surface area contributed by atoms with E-state index in [-0.39, 0.29) is 5.91 Å². The predicted octanol–water partition coefficient (Wildman–Crippen LogP) is 4.45. The van der Waals surface area contributed by atoms with Gasteiger partial charge in [0.15, 0.2) is 0 Å². The smallest absolute Gasteiger partial charge is 0.238 e. The number of halogens is 2. The third kappa shape index (κ3) is 2.43. The average molecular weight is 320 g/mol. The zero-order valence-electron chi connectivity index (χ0n) is 11.6. The molecule has 4 heteroatoms. The van der Waals surface area contributed by atoms with Crippen LogP contribution >= 0.6 is 23.2 Å². The summed E-state index contributed by atoms with van der Waals surface area (Å²) in [5.41, 5.74) is 1.81. The summed E-state index contributed by atoms with van der Waals surface area (Å²) < 4.78 is -1.05. The molecule has 0 heterocycles. The fourth-order valence-corrected chi connectivity index (χ4v) is 3.45. The number of nitrogens with one attached hydrogen (secondary N) is 1. The van der Waals surface area contributed by atoms with Crippen LogP contribution in [0.25, 0.3) is 0 Å². The predicted molar refractivity (Wildman–Crippen MR) is 87.0 cm³/mol. The molecule has 0 saturated heterocycles. The molecule has 3 rings (SSSR count). The second-order valence-electron chi connectivity index (χ2n) is 5.48. The van der Waals surface area contributed by atoms with Gasteiger partial charge in [-0.25, -0.2) is 0 Å². The Morgan fingerprint density at radius 2 is 1.76 bits per heavy atom. The number of aryl methyl sites for hydroxylation is 1. The van der Waals surface area contributed by atoms with Crippen molar-refractivity contribution < 1.29 is 4.79 Å². The molecule has 1 amide bonds. The van der Waals surface area contributed by atoms with Gasteiger partial charge in [-0.15, -0.1) is 23.2 Å². The van der Waals surface area contributed by atoms with E-state index >= 15 is 0 Å². The average Bonchev–Trinajstić information content (AvgIpc) is 3.04. The van der Waals surface area contributed by atoms with Crippen molar-refractivity contribution in [3.8, 4) is 0 Å². The van der Waals surface area contributed by atoms with E-state index in [9.17, 15) is 4.79 Å². The maximum atomic E-state index is 12.7. The third-order valence-corrected chi connectivity index (χ3v) is 4.83. The van der Waals surface area contributed by atoms with E-state index in [1.54, 1.807) is 0 Å². The second-order valence-corrected chi connectivity index (χ2v) is 6.96. The van der Waals surface area contributed by atoms with Gasteiger partial charge in [-0.1, -0.05) is 42.5 Å². The molecule has 2 nitrogen and oxygen atoms in total. The maximum Gasteiger partial charge on any atom is 0.238 e. The number of carbonyl (C=O) groups is 1. The summed E-state index contributed by atoms with van der Waals surface area (Å²) in [6.07, 6.45) is 0.421. The Labute approximate surface area is 134 Å². The molecule has 1 saturated carbocycles. The number of alkyl halides is 2. The third-order valence-electron chi connectivity index (χ3n) is 3.92. The molecule has 0 spiro atoms. The SMILES string of the molecule is Cc1cccc(NC(=O)[C@]2(c3ccccc3)CC2(Cl)Cl)c1. The molecular formula is C17H15Cl2NO.